The van der Waals surface area contributed by atoms with E-state index in [2.05, 4.69) is 5.32 Å². The zero-order valence-electron chi connectivity index (χ0n) is 17.9. The van der Waals surface area contributed by atoms with Crippen LogP contribution in [0.2, 0.25) is 0 Å². The number of ether oxygens (including phenoxy) is 1. The van der Waals surface area contributed by atoms with Gasteiger partial charge in [-0.25, -0.2) is 8.42 Å². The van der Waals surface area contributed by atoms with E-state index in [-0.39, 0.29) is 11.9 Å². The highest BCUT2D eigenvalue weighted by molar-refractivity contribution is 7.92. The molecule has 0 aliphatic rings. The van der Waals surface area contributed by atoms with Gasteiger partial charge in [0.05, 0.1) is 25.1 Å². The Labute approximate surface area is 173 Å². The zero-order chi connectivity index (χ0) is 21.8. The second-order valence-electron chi connectivity index (χ2n) is 7.25. The normalized spacial score (nSPS) is 13.4. The van der Waals surface area contributed by atoms with E-state index >= 15 is 0 Å². The van der Waals surface area contributed by atoms with Crippen LogP contribution in [-0.2, 0) is 14.8 Å². The predicted octanol–water partition coefficient (Wildman–Crippen LogP) is 3.73. The lowest BCUT2D eigenvalue weighted by Gasteiger charge is -2.31. The van der Waals surface area contributed by atoms with Crippen LogP contribution in [0, 0.1) is 13.8 Å². The molecule has 0 spiro atoms. The number of sulfonamides is 1. The first kappa shape index (κ1) is 22.7. The molecule has 158 valence electrons. The number of aryl methyl sites for hydroxylation is 2. The molecule has 2 rings (SSSR count). The van der Waals surface area contributed by atoms with Gasteiger partial charge in [0.25, 0.3) is 0 Å². The van der Waals surface area contributed by atoms with Gasteiger partial charge in [-0.3, -0.25) is 9.10 Å². The number of nitrogens with zero attached hydrogens (tertiary/aromatic N) is 1. The van der Waals surface area contributed by atoms with E-state index in [1.807, 2.05) is 58.0 Å². The summed E-state index contributed by atoms with van der Waals surface area (Å²) in [5, 5.41) is 2.95. The fourth-order valence-corrected chi connectivity index (χ4v) is 4.41. The van der Waals surface area contributed by atoms with E-state index in [0.29, 0.717) is 12.1 Å². The molecule has 1 amide bonds. The first-order valence-corrected chi connectivity index (χ1v) is 11.4. The largest absolute Gasteiger partial charge is 0.497 e. The smallest absolute Gasteiger partial charge is 0.244 e. The summed E-state index contributed by atoms with van der Waals surface area (Å²) in [7, 11) is -2.06. The number of carbonyl (C=O) groups excluding carboxylic acids is 1. The molecule has 0 aliphatic heterocycles. The summed E-state index contributed by atoms with van der Waals surface area (Å²) >= 11 is 0. The molecule has 0 fully saturated rings. The lowest BCUT2D eigenvalue weighted by molar-refractivity contribution is -0.122. The lowest BCUT2D eigenvalue weighted by atomic mass is 10.1. The third-order valence-electron chi connectivity index (χ3n) is 5.05. The summed E-state index contributed by atoms with van der Waals surface area (Å²) in [6.45, 7) is 7.56. The van der Waals surface area contributed by atoms with Gasteiger partial charge in [0.1, 0.15) is 11.8 Å². The molecule has 0 unspecified atom stereocenters. The van der Waals surface area contributed by atoms with E-state index in [4.69, 9.17) is 4.74 Å². The van der Waals surface area contributed by atoms with Crippen LogP contribution in [0.3, 0.4) is 0 Å². The van der Waals surface area contributed by atoms with Crippen LogP contribution in [0.5, 0.6) is 5.75 Å². The summed E-state index contributed by atoms with van der Waals surface area (Å²) in [6.07, 6.45) is 1.48. The summed E-state index contributed by atoms with van der Waals surface area (Å²) < 4.78 is 31.6. The molecule has 2 atom stereocenters. The number of nitrogens with one attached hydrogen (secondary N) is 1. The summed E-state index contributed by atoms with van der Waals surface area (Å²) in [5.74, 6) is 0.399. The predicted molar refractivity (Wildman–Crippen MR) is 117 cm³/mol. The molecule has 2 aromatic rings. The number of amides is 1. The third-order valence-corrected chi connectivity index (χ3v) is 6.23. The lowest BCUT2D eigenvalue weighted by Crippen LogP contribution is -2.49. The molecule has 0 saturated heterocycles. The average Bonchev–Trinajstić information content (AvgIpc) is 2.67. The number of rotatable bonds is 8. The number of carbonyl (C=O) groups is 1. The van der Waals surface area contributed by atoms with Crippen molar-refractivity contribution in [3.63, 3.8) is 0 Å². The van der Waals surface area contributed by atoms with E-state index in [0.717, 1.165) is 28.7 Å². The Kier molecular flexibility index (Phi) is 7.30. The Morgan fingerprint density at radius 2 is 1.72 bits per heavy atom. The van der Waals surface area contributed by atoms with Crippen molar-refractivity contribution in [2.45, 2.75) is 46.2 Å². The van der Waals surface area contributed by atoms with Crippen molar-refractivity contribution in [3.8, 4) is 5.75 Å². The van der Waals surface area contributed by atoms with Gasteiger partial charge < -0.3 is 10.1 Å². The highest BCUT2D eigenvalue weighted by Gasteiger charge is 2.32. The van der Waals surface area contributed by atoms with Gasteiger partial charge in [-0.05, 0) is 68.1 Å². The minimum Gasteiger partial charge on any atom is -0.497 e. The van der Waals surface area contributed by atoms with Crippen molar-refractivity contribution in [1.82, 2.24) is 5.32 Å². The van der Waals surface area contributed by atoms with E-state index in [1.165, 1.54) is 4.31 Å². The molecule has 0 aromatic heterocycles. The number of hydrogen-bond acceptors (Lipinski definition) is 4. The van der Waals surface area contributed by atoms with E-state index < -0.39 is 16.1 Å². The molecule has 0 bridgehead atoms. The van der Waals surface area contributed by atoms with Crippen LogP contribution in [-0.4, -0.2) is 33.7 Å². The van der Waals surface area contributed by atoms with E-state index in [9.17, 15) is 13.2 Å². The molecule has 0 saturated carbocycles. The van der Waals surface area contributed by atoms with Crippen LogP contribution in [0.25, 0.3) is 0 Å². The Morgan fingerprint density at radius 1 is 1.10 bits per heavy atom. The highest BCUT2D eigenvalue weighted by Crippen LogP contribution is 2.26. The second kappa shape index (κ2) is 9.31. The molecular weight excluding hydrogens is 388 g/mol. The van der Waals surface area contributed by atoms with Gasteiger partial charge in [-0.1, -0.05) is 25.1 Å². The SMILES string of the molecule is CC[C@H](C(=O)N[C@H](C)c1ccc(OC)cc1)N(c1ccc(C)c(C)c1)S(C)(=O)=O. The molecular formula is C22H30N2O4S. The molecule has 0 heterocycles. The fraction of sp³-hybridized carbons (Fsp3) is 0.409. The topological polar surface area (TPSA) is 75.7 Å². The van der Waals surface area contributed by atoms with Crippen molar-refractivity contribution < 1.29 is 17.9 Å². The average molecular weight is 419 g/mol. The van der Waals surface area contributed by atoms with Crippen LogP contribution < -0.4 is 14.4 Å². The first-order chi connectivity index (χ1) is 13.6. The Hall–Kier alpha value is -2.54. The van der Waals surface area contributed by atoms with Gasteiger partial charge >= 0.3 is 0 Å². The standard InChI is InChI=1S/C22H30N2O4S/c1-7-21(22(25)23-17(4)18-9-12-20(28-5)13-10-18)24(29(6,26)27)19-11-8-15(2)16(3)14-19/h8-14,17,21H,7H2,1-6H3,(H,23,25)/t17-,21-/m1/s1. The van der Waals surface area contributed by atoms with Gasteiger partial charge in [-0.2, -0.15) is 0 Å². The molecule has 0 radical (unpaired) electrons. The highest BCUT2D eigenvalue weighted by atomic mass is 32.2. The van der Waals surface area contributed by atoms with Crippen LogP contribution in [0.15, 0.2) is 42.5 Å². The van der Waals surface area contributed by atoms with E-state index in [1.54, 1.807) is 19.2 Å². The second-order valence-corrected chi connectivity index (χ2v) is 9.11. The summed E-state index contributed by atoms with van der Waals surface area (Å²) in [6, 6.07) is 11.7. The molecule has 2 aromatic carbocycles. The number of benzene rings is 2. The monoisotopic (exact) mass is 418 g/mol. The zero-order valence-corrected chi connectivity index (χ0v) is 18.7. The maximum Gasteiger partial charge on any atom is 0.244 e. The van der Waals surface area contributed by atoms with Crippen molar-refractivity contribution >= 4 is 21.6 Å². The van der Waals surface area contributed by atoms with Crippen molar-refractivity contribution in [2.75, 3.05) is 17.7 Å². The third kappa shape index (κ3) is 5.50. The number of anilines is 1. The van der Waals surface area contributed by atoms with Crippen LogP contribution >= 0.6 is 0 Å². The van der Waals surface area contributed by atoms with Crippen molar-refractivity contribution in [2.24, 2.45) is 0 Å². The Morgan fingerprint density at radius 3 is 2.21 bits per heavy atom. The minimum atomic E-state index is -3.66. The molecule has 7 heteroatoms. The molecule has 6 nitrogen and oxygen atoms in total. The van der Waals surface area contributed by atoms with Crippen molar-refractivity contribution in [3.05, 3.63) is 59.2 Å². The maximum atomic E-state index is 13.1. The first-order valence-electron chi connectivity index (χ1n) is 9.59. The summed E-state index contributed by atoms with van der Waals surface area (Å²) in [4.78, 5) is 13.1. The van der Waals surface area contributed by atoms with Gasteiger partial charge in [-0.15, -0.1) is 0 Å². The Balaban J connectivity index is 2.30. The van der Waals surface area contributed by atoms with Gasteiger partial charge in [0.2, 0.25) is 15.9 Å². The van der Waals surface area contributed by atoms with Gasteiger partial charge in [0, 0.05) is 0 Å². The van der Waals surface area contributed by atoms with Crippen molar-refractivity contribution in [1.29, 1.82) is 0 Å². The molecule has 1 N–H and O–H groups in total. The van der Waals surface area contributed by atoms with Crippen LogP contribution in [0.1, 0.15) is 43.0 Å². The van der Waals surface area contributed by atoms with Gasteiger partial charge in [0.15, 0.2) is 0 Å². The fourth-order valence-electron chi connectivity index (χ4n) is 3.21. The molecule has 29 heavy (non-hydrogen) atoms. The molecule has 0 aliphatic carbocycles. The summed E-state index contributed by atoms with van der Waals surface area (Å²) in [5.41, 5.74) is 3.44. The number of hydrogen-bond donors (Lipinski definition) is 1. The minimum absolute atomic E-state index is 0.274. The number of methoxy groups -OCH3 is 1. The maximum absolute atomic E-state index is 13.1. The Bertz CT molecular complexity index is 955. The quantitative estimate of drug-likeness (QED) is 0.709. The van der Waals surface area contributed by atoms with Crippen LogP contribution in [0.4, 0.5) is 5.69 Å².